The third-order valence-electron chi connectivity index (χ3n) is 6.37. The maximum Gasteiger partial charge on any atom is 0.322 e. The fraction of sp³-hybridized carbons (Fsp3) is 0.269. The van der Waals surface area contributed by atoms with Gasteiger partial charge in [-0.1, -0.05) is 24.3 Å². The quantitative estimate of drug-likeness (QED) is 0.431. The van der Waals surface area contributed by atoms with Gasteiger partial charge < -0.3 is 28.9 Å². The Balaban J connectivity index is 1.48. The van der Waals surface area contributed by atoms with E-state index in [2.05, 4.69) is 22.0 Å². The first-order valence-corrected chi connectivity index (χ1v) is 11.4. The summed E-state index contributed by atoms with van der Waals surface area (Å²) in [7, 11) is 7.29. The Kier molecular flexibility index (Phi) is 5.83. The Hall–Kier alpha value is -3.65. The number of hydrogen-bond acceptors (Lipinski definition) is 5. The Bertz CT molecular complexity index is 1380. The molecule has 0 atom stereocenters. The van der Waals surface area contributed by atoms with Gasteiger partial charge in [0.2, 0.25) is 0 Å². The van der Waals surface area contributed by atoms with E-state index in [0.29, 0.717) is 30.3 Å². The summed E-state index contributed by atoms with van der Waals surface area (Å²) in [6.07, 6.45) is 0.809. The van der Waals surface area contributed by atoms with E-state index < -0.39 is 0 Å². The van der Waals surface area contributed by atoms with Crippen LogP contribution in [0.4, 0.5) is 5.69 Å². The summed E-state index contributed by atoms with van der Waals surface area (Å²) in [5.74, 6) is 2.00. The van der Waals surface area contributed by atoms with Gasteiger partial charge in [-0.25, -0.2) is 0 Å². The molecule has 2 heterocycles. The molecular formula is C26H28BN3O4. The maximum absolute atomic E-state index is 13.6. The molecule has 5 rings (SSSR count). The summed E-state index contributed by atoms with van der Waals surface area (Å²) in [5.41, 5.74) is 3.45. The molecule has 0 spiro atoms. The second kappa shape index (κ2) is 8.95. The van der Waals surface area contributed by atoms with Crippen molar-refractivity contribution >= 4 is 41.3 Å². The zero-order valence-corrected chi connectivity index (χ0v) is 20.0. The number of anilines is 1. The van der Waals surface area contributed by atoms with Crippen LogP contribution in [0.1, 0.15) is 16.1 Å². The molecular weight excluding hydrogens is 429 g/mol. The molecule has 0 radical (unpaired) electrons. The lowest BCUT2D eigenvalue weighted by atomic mass is 10.0. The number of rotatable bonds is 7. The van der Waals surface area contributed by atoms with Crippen molar-refractivity contribution in [3.63, 3.8) is 0 Å². The van der Waals surface area contributed by atoms with E-state index in [1.54, 1.807) is 15.2 Å². The van der Waals surface area contributed by atoms with Crippen LogP contribution in [0.15, 0.2) is 48.5 Å². The molecule has 0 bridgehead atoms. The largest absolute Gasteiger partial charge is 0.567 e. The lowest BCUT2D eigenvalue weighted by Gasteiger charge is -2.18. The molecule has 1 aliphatic rings. The summed E-state index contributed by atoms with van der Waals surface area (Å²) >= 11 is 0. The third kappa shape index (κ3) is 3.84. The molecule has 0 saturated carbocycles. The van der Waals surface area contributed by atoms with Crippen LogP contribution in [0.2, 0.25) is 0 Å². The number of carbonyl (C=O) groups excluding carboxylic acids is 1. The standard InChI is InChI=1S/C26H28BN3O4/c1-29(2)10-11-33-25-13-16-12-21(28-20(16)14-24(25)32-3)26(31)30-9-8-18-17-6-4-5-7-19(17)23(34-27)15-22(18)30/h4-7,12-15,28H,8-11,27H2,1-3H3. The first kappa shape index (κ1) is 22.2. The van der Waals surface area contributed by atoms with Crippen LogP contribution in [0.25, 0.3) is 21.7 Å². The highest BCUT2D eigenvalue weighted by molar-refractivity contribution is 6.11. The second-order valence-electron chi connectivity index (χ2n) is 8.75. The predicted octanol–water partition coefficient (Wildman–Crippen LogP) is 3.40. The van der Waals surface area contributed by atoms with Crippen LogP contribution in [0.5, 0.6) is 17.2 Å². The van der Waals surface area contributed by atoms with Crippen LogP contribution < -0.4 is 19.0 Å². The number of nitrogens with zero attached hydrogens (tertiary/aromatic N) is 2. The SMILES string of the molecule is BOc1cc2c(c3ccccc13)CCN2C(=O)c1cc2cc(OCCN(C)C)c(OC)cc2[nH]1. The smallest absolute Gasteiger partial charge is 0.322 e. The molecule has 0 saturated heterocycles. The van der Waals surface area contributed by atoms with Gasteiger partial charge >= 0.3 is 8.05 Å². The van der Waals surface area contributed by atoms with Crippen LogP contribution in [-0.4, -0.2) is 64.7 Å². The third-order valence-corrected chi connectivity index (χ3v) is 6.37. The average molecular weight is 457 g/mol. The topological polar surface area (TPSA) is 67.0 Å². The highest BCUT2D eigenvalue weighted by atomic mass is 16.5. The lowest BCUT2D eigenvalue weighted by Crippen LogP contribution is -2.29. The van der Waals surface area contributed by atoms with Gasteiger partial charge in [0.1, 0.15) is 18.1 Å². The molecule has 174 valence electrons. The Labute approximate surface area is 199 Å². The number of aromatic nitrogens is 1. The minimum Gasteiger partial charge on any atom is -0.567 e. The van der Waals surface area contributed by atoms with Gasteiger partial charge in [-0.2, -0.15) is 0 Å². The number of benzene rings is 3. The van der Waals surface area contributed by atoms with Crippen molar-refractivity contribution in [2.75, 3.05) is 45.8 Å². The molecule has 7 nitrogen and oxygen atoms in total. The molecule has 1 amide bonds. The van der Waals surface area contributed by atoms with Crippen molar-refractivity contribution in [2.24, 2.45) is 0 Å². The molecule has 0 aliphatic carbocycles. The van der Waals surface area contributed by atoms with Gasteiger partial charge in [-0.3, -0.25) is 4.79 Å². The summed E-state index contributed by atoms with van der Waals surface area (Å²) in [5, 5.41) is 3.10. The molecule has 0 fully saturated rings. The first-order chi connectivity index (χ1) is 16.5. The second-order valence-corrected chi connectivity index (χ2v) is 8.75. The summed E-state index contributed by atoms with van der Waals surface area (Å²) in [6.45, 7) is 1.97. The van der Waals surface area contributed by atoms with Crippen molar-refractivity contribution in [1.29, 1.82) is 0 Å². The molecule has 3 aromatic carbocycles. The van der Waals surface area contributed by atoms with E-state index in [1.807, 2.05) is 55.4 Å². The van der Waals surface area contributed by atoms with E-state index in [4.69, 9.17) is 14.1 Å². The van der Waals surface area contributed by atoms with Crippen LogP contribution in [0.3, 0.4) is 0 Å². The highest BCUT2D eigenvalue weighted by Crippen LogP contribution is 2.41. The fourth-order valence-corrected chi connectivity index (χ4v) is 4.63. The van der Waals surface area contributed by atoms with E-state index in [0.717, 1.165) is 46.1 Å². The number of methoxy groups -OCH3 is 1. The molecule has 4 aromatic rings. The van der Waals surface area contributed by atoms with Crippen molar-refractivity contribution in [3.8, 4) is 17.2 Å². The van der Waals surface area contributed by atoms with Crippen LogP contribution >= 0.6 is 0 Å². The maximum atomic E-state index is 13.6. The number of nitrogens with one attached hydrogen (secondary N) is 1. The van der Waals surface area contributed by atoms with E-state index in [-0.39, 0.29) is 5.91 Å². The Morgan fingerprint density at radius 3 is 2.62 bits per heavy atom. The number of carbonyl (C=O) groups is 1. The van der Waals surface area contributed by atoms with Gasteiger partial charge in [0.25, 0.3) is 5.91 Å². The van der Waals surface area contributed by atoms with Gasteiger partial charge in [-0.05, 0) is 43.6 Å². The van der Waals surface area contributed by atoms with E-state index >= 15 is 0 Å². The first-order valence-electron chi connectivity index (χ1n) is 11.4. The van der Waals surface area contributed by atoms with Gasteiger partial charge in [0.05, 0.1) is 12.8 Å². The van der Waals surface area contributed by atoms with Crippen molar-refractivity contribution in [1.82, 2.24) is 9.88 Å². The minimum atomic E-state index is -0.0682. The van der Waals surface area contributed by atoms with Crippen molar-refractivity contribution in [3.05, 3.63) is 59.8 Å². The fourth-order valence-electron chi connectivity index (χ4n) is 4.63. The zero-order chi connectivity index (χ0) is 23.8. The predicted molar refractivity (Wildman–Crippen MR) is 137 cm³/mol. The van der Waals surface area contributed by atoms with Crippen molar-refractivity contribution in [2.45, 2.75) is 6.42 Å². The number of aromatic amines is 1. The number of H-pyrrole nitrogens is 1. The number of fused-ring (bicyclic) bond motifs is 4. The van der Waals surface area contributed by atoms with Crippen LogP contribution in [0, 0.1) is 0 Å². The summed E-state index contributed by atoms with van der Waals surface area (Å²) in [4.78, 5) is 20.8. The Morgan fingerprint density at radius 1 is 1.09 bits per heavy atom. The summed E-state index contributed by atoms with van der Waals surface area (Å²) < 4.78 is 17.1. The number of amides is 1. The van der Waals surface area contributed by atoms with E-state index in [9.17, 15) is 4.79 Å². The summed E-state index contributed by atoms with van der Waals surface area (Å²) in [6, 6.07) is 15.8. The van der Waals surface area contributed by atoms with Crippen LogP contribution in [-0.2, 0) is 6.42 Å². The minimum absolute atomic E-state index is 0.0682. The number of ether oxygens (including phenoxy) is 2. The average Bonchev–Trinajstić information content (AvgIpc) is 3.46. The number of likely N-dealkylation sites (N-methyl/N-ethyl adjacent to an activating group) is 1. The normalized spacial score (nSPS) is 13.0. The molecule has 0 unspecified atom stereocenters. The number of hydrogen-bond donors (Lipinski definition) is 1. The van der Waals surface area contributed by atoms with Gasteiger partial charge in [0, 0.05) is 41.5 Å². The molecule has 1 N–H and O–H groups in total. The lowest BCUT2D eigenvalue weighted by molar-refractivity contribution is 0.0985. The Morgan fingerprint density at radius 2 is 1.88 bits per heavy atom. The van der Waals surface area contributed by atoms with Gasteiger partial charge in [-0.15, -0.1) is 0 Å². The monoisotopic (exact) mass is 457 g/mol. The molecule has 1 aliphatic heterocycles. The van der Waals surface area contributed by atoms with Gasteiger partial charge in [0.15, 0.2) is 11.5 Å². The molecule has 1 aromatic heterocycles. The highest BCUT2D eigenvalue weighted by Gasteiger charge is 2.29. The molecule has 34 heavy (non-hydrogen) atoms. The zero-order valence-electron chi connectivity index (χ0n) is 20.0. The molecule has 8 heteroatoms. The van der Waals surface area contributed by atoms with E-state index in [1.165, 1.54) is 5.56 Å². The van der Waals surface area contributed by atoms with Crippen molar-refractivity contribution < 1.29 is 18.9 Å².